The molecule has 5 heteroatoms. The summed E-state index contributed by atoms with van der Waals surface area (Å²) in [7, 11) is 0. The highest BCUT2D eigenvalue weighted by atomic mass is 15.3. The fraction of sp³-hybridized carbons (Fsp3) is 0.733. The highest BCUT2D eigenvalue weighted by Gasteiger charge is 2.38. The van der Waals surface area contributed by atoms with Gasteiger partial charge in [-0.3, -0.25) is 0 Å². The zero-order valence-electron chi connectivity index (χ0n) is 13.2. The number of nitrogens with one attached hydrogen (secondary N) is 2. The predicted molar refractivity (Wildman–Crippen MR) is 83.4 cm³/mol. The molecule has 1 heterocycles. The number of nitrogens with zero attached hydrogens (tertiary/aromatic N) is 2. The molecule has 0 aromatic carbocycles. The maximum absolute atomic E-state index is 5.44. The Morgan fingerprint density at radius 1 is 1.10 bits per heavy atom. The molecule has 1 saturated carbocycles. The standard InChI is InChI=1S/C15H27N5/c1-10-17-12(6-13(18-10)20-16)19-11-7-14(2,3)9-15(4,5)8-11/h6,11H,7-9,16H2,1-5H3,(H2,17,18,19,20). The van der Waals surface area contributed by atoms with Crippen molar-refractivity contribution in [2.75, 3.05) is 10.7 Å². The summed E-state index contributed by atoms with van der Waals surface area (Å²) in [4.78, 5) is 8.67. The first kappa shape index (κ1) is 15.0. The van der Waals surface area contributed by atoms with Gasteiger partial charge in [0, 0.05) is 12.1 Å². The molecule has 5 nitrogen and oxygen atoms in total. The summed E-state index contributed by atoms with van der Waals surface area (Å²) in [6.07, 6.45) is 3.58. The van der Waals surface area contributed by atoms with Crippen LogP contribution in [0.3, 0.4) is 0 Å². The van der Waals surface area contributed by atoms with Gasteiger partial charge in [0.25, 0.3) is 0 Å². The molecule has 1 aromatic heterocycles. The molecular formula is C15H27N5. The van der Waals surface area contributed by atoms with Crippen molar-refractivity contribution < 1.29 is 0 Å². The van der Waals surface area contributed by atoms with Crippen LogP contribution in [0.15, 0.2) is 6.07 Å². The molecule has 0 bridgehead atoms. The van der Waals surface area contributed by atoms with E-state index in [0.717, 1.165) is 24.5 Å². The third-order valence-electron chi connectivity index (χ3n) is 3.89. The Balaban J connectivity index is 2.15. The summed E-state index contributed by atoms with van der Waals surface area (Å²) >= 11 is 0. The monoisotopic (exact) mass is 277 g/mol. The molecule has 20 heavy (non-hydrogen) atoms. The Morgan fingerprint density at radius 3 is 2.20 bits per heavy atom. The molecule has 1 aliphatic carbocycles. The van der Waals surface area contributed by atoms with Gasteiger partial charge in [0.1, 0.15) is 17.5 Å². The maximum atomic E-state index is 5.44. The molecule has 1 aromatic rings. The number of hydrogen-bond donors (Lipinski definition) is 3. The predicted octanol–water partition coefficient (Wildman–Crippen LogP) is 3.09. The molecule has 0 saturated heterocycles. The van der Waals surface area contributed by atoms with Gasteiger partial charge in [0.2, 0.25) is 0 Å². The molecular weight excluding hydrogens is 250 g/mol. The van der Waals surface area contributed by atoms with Gasteiger partial charge in [-0.25, -0.2) is 15.8 Å². The Morgan fingerprint density at radius 2 is 1.65 bits per heavy atom. The maximum Gasteiger partial charge on any atom is 0.145 e. The number of nitrogen functional groups attached to an aromatic ring is 1. The van der Waals surface area contributed by atoms with Gasteiger partial charge < -0.3 is 10.7 Å². The number of rotatable bonds is 3. The Kier molecular flexibility index (Phi) is 3.91. The summed E-state index contributed by atoms with van der Waals surface area (Å²) in [5, 5.41) is 3.56. The van der Waals surface area contributed by atoms with E-state index in [9.17, 15) is 0 Å². The van der Waals surface area contributed by atoms with Gasteiger partial charge in [-0.05, 0) is 37.0 Å². The highest BCUT2D eigenvalue weighted by Crippen LogP contribution is 2.46. The van der Waals surface area contributed by atoms with E-state index < -0.39 is 0 Å². The topological polar surface area (TPSA) is 75.9 Å². The first-order chi connectivity index (χ1) is 9.19. The van der Waals surface area contributed by atoms with Gasteiger partial charge >= 0.3 is 0 Å². The van der Waals surface area contributed by atoms with Gasteiger partial charge in [-0.1, -0.05) is 27.7 Å². The molecule has 0 atom stereocenters. The van der Waals surface area contributed by atoms with E-state index in [0.29, 0.717) is 22.7 Å². The number of hydrazine groups is 1. The van der Waals surface area contributed by atoms with Gasteiger partial charge in [-0.2, -0.15) is 0 Å². The first-order valence-corrected chi connectivity index (χ1v) is 7.28. The van der Waals surface area contributed by atoms with Crippen LogP contribution in [0.1, 0.15) is 52.8 Å². The fourth-order valence-electron chi connectivity index (χ4n) is 3.87. The van der Waals surface area contributed by atoms with Crippen molar-refractivity contribution in [1.29, 1.82) is 0 Å². The molecule has 0 aliphatic heterocycles. The minimum absolute atomic E-state index is 0.358. The molecule has 0 radical (unpaired) electrons. The number of hydrogen-bond acceptors (Lipinski definition) is 5. The molecule has 2 rings (SSSR count). The van der Waals surface area contributed by atoms with E-state index in [1.54, 1.807) is 0 Å². The quantitative estimate of drug-likeness (QED) is 0.584. The zero-order valence-corrected chi connectivity index (χ0v) is 13.2. The third-order valence-corrected chi connectivity index (χ3v) is 3.89. The van der Waals surface area contributed by atoms with Crippen LogP contribution in [-0.4, -0.2) is 16.0 Å². The van der Waals surface area contributed by atoms with Crippen molar-refractivity contribution >= 4 is 11.6 Å². The first-order valence-electron chi connectivity index (χ1n) is 7.28. The lowest BCUT2D eigenvalue weighted by Gasteiger charge is -2.45. The molecule has 1 fully saturated rings. The van der Waals surface area contributed by atoms with E-state index in [4.69, 9.17) is 5.84 Å². The summed E-state index contributed by atoms with van der Waals surface area (Å²) in [5.74, 6) is 7.66. The zero-order chi connectivity index (χ0) is 15.0. The largest absolute Gasteiger partial charge is 0.367 e. The minimum atomic E-state index is 0.358. The second-order valence-electron chi connectivity index (χ2n) is 7.58. The summed E-state index contributed by atoms with van der Waals surface area (Å²) in [6, 6.07) is 2.30. The summed E-state index contributed by atoms with van der Waals surface area (Å²) in [5.41, 5.74) is 3.30. The van der Waals surface area contributed by atoms with E-state index in [1.165, 1.54) is 6.42 Å². The normalized spacial score (nSPS) is 21.5. The van der Waals surface area contributed by atoms with Crippen molar-refractivity contribution in [3.63, 3.8) is 0 Å². The van der Waals surface area contributed by atoms with Gasteiger partial charge in [0.15, 0.2) is 0 Å². The van der Waals surface area contributed by atoms with Crippen LogP contribution in [0, 0.1) is 17.8 Å². The molecule has 0 unspecified atom stereocenters. The number of aryl methyl sites for hydroxylation is 1. The lowest BCUT2D eigenvalue weighted by atomic mass is 9.63. The fourth-order valence-corrected chi connectivity index (χ4v) is 3.87. The van der Waals surface area contributed by atoms with Gasteiger partial charge in [-0.15, -0.1) is 0 Å². The number of anilines is 2. The Hall–Kier alpha value is -1.36. The van der Waals surface area contributed by atoms with Crippen LogP contribution in [0.5, 0.6) is 0 Å². The second kappa shape index (κ2) is 5.20. The van der Waals surface area contributed by atoms with Crippen molar-refractivity contribution in [1.82, 2.24) is 9.97 Å². The lowest BCUT2D eigenvalue weighted by Crippen LogP contribution is -2.40. The van der Waals surface area contributed by atoms with Crippen molar-refractivity contribution in [3.8, 4) is 0 Å². The average Bonchev–Trinajstić information content (AvgIpc) is 2.23. The molecule has 0 amide bonds. The molecule has 0 spiro atoms. The van der Waals surface area contributed by atoms with Crippen molar-refractivity contribution in [2.24, 2.45) is 16.7 Å². The van der Waals surface area contributed by atoms with Crippen molar-refractivity contribution in [3.05, 3.63) is 11.9 Å². The van der Waals surface area contributed by atoms with E-state index >= 15 is 0 Å². The lowest BCUT2D eigenvalue weighted by molar-refractivity contribution is 0.105. The van der Waals surface area contributed by atoms with Crippen LogP contribution in [0.2, 0.25) is 0 Å². The number of nitrogens with two attached hydrogens (primary N) is 1. The smallest absolute Gasteiger partial charge is 0.145 e. The van der Waals surface area contributed by atoms with Gasteiger partial charge in [0.05, 0.1) is 0 Å². The average molecular weight is 277 g/mol. The second-order valence-corrected chi connectivity index (χ2v) is 7.58. The Labute approximate surface area is 121 Å². The number of aromatic nitrogens is 2. The highest BCUT2D eigenvalue weighted by molar-refractivity contribution is 5.47. The third kappa shape index (κ3) is 3.82. The Bertz CT molecular complexity index is 465. The van der Waals surface area contributed by atoms with Crippen LogP contribution in [-0.2, 0) is 0 Å². The SMILES string of the molecule is Cc1nc(NN)cc(NC2CC(C)(C)CC(C)(C)C2)n1. The summed E-state index contributed by atoms with van der Waals surface area (Å²) in [6.45, 7) is 11.3. The molecule has 1 aliphatic rings. The van der Waals surface area contributed by atoms with Crippen LogP contribution in [0.4, 0.5) is 11.6 Å². The van der Waals surface area contributed by atoms with E-state index in [2.05, 4.69) is 48.4 Å². The summed E-state index contributed by atoms with van der Waals surface area (Å²) < 4.78 is 0. The van der Waals surface area contributed by atoms with Crippen molar-refractivity contribution in [2.45, 2.75) is 59.9 Å². The van der Waals surface area contributed by atoms with E-state index in [-0.39, 0.29) is 0 Å². The minimum Gasteiger partial charge on any atom is -0.367 e. The van der Waals surface area contributed by atoms with Crippen LogP contribution < -0.4 is 16.6 Å². The van der Waals surface area contributed by atoms with E-state index in [1.807, 2.05) is 13.0 Å². The van der Waals surface area contributed by atoms with Crippen LogP contribution in [0.25, 0.3) is 0 Å². The molecule has 4 N–H and O–H groups in total. The van der Waals surface area contributed by atoms with Crippen LogP contribution >= 0.6 is 0 Å². The molecule has 112 valence electrons.